The highest BCUT2D eigenvalue weighted by Gasteiger charge is 2.31. The summed E-state index contributed by atoms with van der Waals surface area (Å²) in [6.45, 7) is 12.5. The zero-order valence-electron chi connectivity index (χ0n) is 13.4. The van der Waals surface area contributed by atoms with Crippen LogP contribution in [0.25, 0.3) is 0 Å². The number of carbonyl (C=O) groups is 1. The number of nitrogens with zero attached hydrogens (tertiary/aromatic N) is 1. The molecule has 4 nitrogen and oxygen atoms in total. The van der Waals surface area contributed by atoms with Crippen molar-refractivity contribution in [3.05, 3.63) is 0 Å². The van der Waals surface area contributed by atoms with Gasteiger partial charge in [-0.3, -0.25) is 9.69 Å². The number of hydrogen-bond donors (Lipinski definition) is 2. The largest absolute Gasteiger partial charge is 0.350 e. The number of amides is 1. The molecule has 1 fully saturated rings. The molecule has 0 aromatic rings. The number of hydrogen-bond acceptors (Lipinski definition) is 3. The summed E-state index contributed by atoms with van der Waals surface area (Å²) in [5.74, 6) is 0.746. The Balaban J connectivity index is 2.54. The van der Waals surface area contributed by atoms with E-state index in [1.807, 2.05) is 14.0 Å². The Morgan fingerprint density at radius 1 is 1.47 bits per heavy atom. The van der Waals surface area contributed by atoms with Gasteiger partial charge in [-0.25, -0.2) is 0 Å². The van der Waals surface area contributed by atoms with Crippen LogP contribution in [0, 0.1) is 5.92 Å². The average Bonchev–Trinajstić information content (AvgIpc) is 2.37. The van der Waals surface area contributed by atoms with Crippen molar-refractivity contribution in [3.8, 4) is 0 Å². The third kappa shape index (κ3) is 4.46. The molecular weight excluding hydrogens is 238 g/mol. The first kappa shape index (κ1) is 16.4. The zero-order chi connectivity index (χ0) is 14.6. The van der Waals surface area contributed by atoms with Crippen LogP contribution < -0.4 is 10.6 Å². The fraction of sp³-hybridized carbons (Fsp3) is 0.933. The molecule has 0 aromatic heterocycles. The Bertz CT molecular complexity index is 304. The molecule has 0 aromatic carbocycles. The van der Waals surface area contributed by atoms with Crippen LogP contribution in [0.4, 0.5) is 0 Å². The molecule has 1 rings (SSSR count). The van der Waals surface area contributed by atoms with Crippen LogP contribution >= 0.6 is 0 Å². The van der Waals surface area contributed by atoms with Gasteiger partial charge in [-0.15, -0.1) is 0 Å². The monoisotopic (exact) mass is 269 g/mol. The summed E-state index contributed by atoms with van der Waals surface area (Å²) in [6.07, 6.45) is 2.07. The zero-order valence-corrected chi connectivity index (χ0v) is 13.4. The van der Waals surface area contributed by atoms with Gasteiger partial charge in [0.15, 0.2) is 0 Å². The molecule has 0 aliphatic carbocycles. The van der Waals surface area contributed by atoms with Crippen LogP contribution in [-0.4, -0.2) is 48.6 Å². The normalized spacial score (nSPS) is 27.1. The van der Waals surface area contributed by atoms with E-state index in [-0.39, 0.29) is 17.5 Å². The predicted octanol–water partition coefficient (Wildman–Crippen LogP) is 1.61. The summed E-state index contributed by atoms with van der Waals surface area (Å²) in [7, 11) is 2.02. The first-order valence-corrected chi connectivity index (χ1v) is 7.54. The Morgan fingerprint density at radius 3 is 2.58 bits per heavy atom. The quantitative estimate of drug-likeness (QED) is 0.797. The highest BCUT2D eigenvalue weighted by Crippen LogP contribution is 2.19. The molecule has 1 aliphatic heterocycles. The van der Waals surface area contributed by atoms with Crippen molar-refractivity contribution in [2.45, 2.75) is 65.1 Å². The van der Waals surface area contributed by atoms with Crippen LogP contribution in [0.2, 0.25) is 0 Å². The number of piperidine rings is 1. The molecule has 3 atom stereocenters. The molecule has 1 aliphatic rings. The average molecular weight is 269 g/mol. The SMILES string of the molecule is CCC(C)(C)NC(=O)C(C)N1CCC(NC)C(C)C1. The van der Waals surface area contributed by atoms with Crippen LogP contribution in [0.15, 0.2) is 0 Å². The summed E-state index contributed by atoms with van der Waals surface area (Å²) < 4.78 is 0. The lowest BCUT2D eigenvalue weighted by Crippen LogP contribution is -2.56. The van der Waals surface area contributed by atoms with E-state index in [0.29, 0.717) is 12.0 Å². The molecule has 1 saturated heterocycles. The second-order valence-corrected chi connectivity index (χ2v) is 6.56. The topological polar surface area (TPSA) is 44.4 Å². The third-order valence-corrected chi connectivity index (χ3v) is 4.58. The van der Waals surface area contributed by atoms with Crippen LogP contribution in [0.3, 0.4) is 0 Å². The van der Waals surface area contributed by atoms with Gasteiger partial charge in [0.05, 0.1) is 6.04 Å². The minimum absolute atomic E-state index is 0.0360. The van der Waals surface area contributed by atoms with Crippen LogP contribution in [0.1, 0.15) is 47.5 Å². The van der Waals surface area contributed by atoms with E-state index in [9.17, 15) is 4.79 Å². The summed E-state index contributed by atoms with van der Waals surface area (Å²) in [4.78, 5) is 14.6. The lowest BCUT2D eigenvalue weighted by molar-refractivity contribution is -0.128. The van der Waals surface area contributed by atoms with Gasteiger partial charge in [0, 0.05) is 24.7 Å². The maximum Gasteiger partial charge on any atom is 0.237 e. The van der Waals surface area contributed by atoms with Gasteiger partial charge in [0.2, 0.25) is 5.91 Å². The first-order chi connectivity index (χ1) is 8.80. The van der Waals surface area contributed by atoms with Gasteiger partial charge in [0.25, 0.3) is 0 Å². The number of likely N-dealkylation sites (tertiary alicyclic amines) is 1. The Morgan fingerprint density at radius 2 is 2.11 bits per heavy atom. The molecule has 1 heterocycles. The first-order valence-electron chi connectivity index (χ1n) is 7.54. The van der Waals surface area contributed by atoms with Crippen molar-refractivity contribution in [1.29, 1.82) is 0 Å². The van der Waals surface area contributed by atoms with Gasteiger partial charge in [0.1, 0.15) is 0 Å². The maximum atomic E-state index is 12.3. The second-order valence-electron chi connectivity index (χ2n) is 6.56. The van der Waals surface area contributed by atoms with Gasteiger partial charge in [-0.2, -0.15) is 0 Å². The molecule has 112 valence electrons. The van der Waals surface area contributed by atoms with Crippen molar-refractivity contribution in [2.24, 2.45) is 5.92 Å². The van der Waals surface area contributed by atoms with Crippen LogP contribution in [0.5, 0.6) is 0 Å². The fourth-order valence-corrected chi connectivity index (χ4v) is 2.65. The molecule has 0 saturated carbocycles. The van der Waals surface area contributed by atoms with Crippen LogP contribution in [-0.2, 0) is 4.79 Å². The van der Waals surface area contributed by atoms with Gasteiger partial charge in [-0.05, 0) is 46.6 Å². The number of carbonyl (C=O) groups excluding carboxylic acids is 1. The van der Waals surface area contributed by atoms with E-state index >= 15 is 0 Å². The highest BCUT2D eigenvalue weighted by molar-refractivity contribution is 5.82. The molecule has 4 heteroatoms. The lowest BCUT2D eigenvalue weighted by atomic mass is 9.93. The standard InChI is InChI=1S/C15H31N3O/c1-7-15(4,5)17-14(19)12(3)18-9-8-13(16-6)11(2)10-18/h11-13,16H,7-10H2,1-6H3,(H,17,19). The smallest absolute Gasteiger partial charge is 0.237 e. The summed E-state index contributed by atoms with van der Waals surface area (Å²) in [5, 5.41) is 6.51. The molecule has 2 N–H and O–H groups in total. The predicted molar refractivity (Wildman–Crippen MR) is 80.2 cm³/mol. The Hall–Kier alpha value is -0.610. The summed E-state index contributed by atoms with van der Waals surface area (Å²) >= 11 is 0. The van der Waals surface area contributed by atoms with E-state index in [1.54, 1.807) is 0 Å². The van der Waals surface area contributed by atoms with E-state index in [2.05, 4.69) is 43.2 Å². The minimum atomic E-state index is -0.111. The van der Waals surface area contributed by atoms with Crippen molar-refractivity contribution in [1.82, 2.24) is 15.5 Å². The van der Waals surface area contributed by atoms with E-state index in [4.69, 9.17) is 0 Å². The molecule has 0 bridgehead atoms. The molecular formula is C15H31N3O. The van der Waals surface area contributed by atoms with Crippen molar-refractivity contribution in [2.75, 3.05) is 20.1 Å². The summed E-state index contributed by atoms with van der Waals surface area (Å²) in [6, 6.07) is 0.546. The molecule has 0 spiro atoms. The molecule has 19 heavy (non-hydrogen) atoms. The van der Waals surface area contributed by atoms with Gasteiger partial charge >= 0.3 is 0 Å². The van der Waals surface area contributed by atoms with E-state index in [1.165, 1.54) is 0 Å². The molecule has 1 amide bonds. The fourth-order valence-electron chi connectivity index (χ4n) is 2.65. The Kier molecular flexibility index (Phi) is 5.81. The molecule has 3 unspecified atom stereocenters. The van der Waals surface area contributed by atoms with E-state index < -0.39 is 0 Å². The van der Waals surface area contributed by atoms with Crippen molar-refractivity contribution >= 4 is 5.91 Å². The number of nitrogens with one attached hydrogen (secondary N) is 2. The molecule has 0 radical (unpaired) electrons. The van der Waals surface area contributed by atoms with Gasteiger partial charge < -0.3 is 10.6 Å². The maximum absolute atomic E-state index is 12.3. The lowest BCUT2D eigenvalue weighted by Gasteiger charge is -2.40. The van der Waals surface area contributed by atoms with Crippen molar-refractivity contribution < 1.29 is 4.79 Å². The summed E-state index contributed by atoms with van der Waals surface area (Å²) in [5.41, 5.74) is -0.111. The van der Waals surface area contributed by atoms with Crippen molar-refractivity contribution in [3.63, 3.8) is 0 Å². The second kappa shape index (κ2) is 6.71. The minimum Gasteiger partial charge on any atom is -0.350 e. The third-order valence-electron chi connectivity index (χ3n) is 4.58. The van der Waals surface area contributed by atoms with Gasteiger partial charge in [-0.1, -0.05) is 13.8 Å². The Labute approximate surface area is 118 Å². The highest BCUT2D eigenvalue weighted by atomic mass is 16.2. The number of rotatable bonds is 5. The van der Waals surface area contributed by atoms with E-state index in [0.717, 1.165) is 25.9 Å².